The summed E-state index contributed by atoms with van der Waals surface area (Å²) in [6, 6.07) is 0. The number of halogens is 3. The molecule has 0 bridgehead atoms. The molecule has 0 unspecified atom stereocenters. The fourth-order valence-corrected chi connectivity index (χ4v) is 0.501. The molecule has 14 heavy (non-hydrogen) atoms. The molecule has 0 saturated carbocycles. The summed E-state index contributed by atoms with van der Waals surface area (Å²) < 4.78 is 38.2. The van der Waals surface area contributed by atoms with E-state index >= 15 is 0 Å². The molecule has 0 spiro atoms. The zero-order valence-electron chi connectivity index (χ0n) is 9.20. The van der Waals surface area contributed by atoms with E-state index in [2.05, 4.69) is 4.74 Å². The second-order valence-electron chi connectivity index (χ2n) is 2.57. The zero-order valence-corrected chi connectivity index (χ0v) is 9.20. The van der Waals surface area contributed by atoms with Crippen LogP contribution in [0.5, 0.6) is 0 Å². The van der Waals surface area contributed by atoms with Crippen LogP contribution in [0.15, 0.2) is 23.5 Å². The number of alkyl halides is 3. The van der Waals surface area contributed by atoms with Gasteiger partial charge in [-0.15, -0.1) is 13.2 Å². The molecule has 0 N–H and O–H groups in total. The summed E-state index contributed by atoms with van der Waals surface area (Å²) in [4.78, 5) is 0. The molecule has 1 nitrogen and oxygen atoms in total. The van der Waals surface area contributed by atoms with Crippen molar-refractivity contribution in [2.45, 2.75) is 41.0 Å². The van der Waals surface area contributed by atoms with Crippen molar-refractivity contribution in [3.05, 3.63) is 23.5 Å². The van der Waals surface area contributed by atoms with Gasteiger partial charge in [-0.3, -0.25) is 0 Å². The monoisotopic (exact) mass is 210 g/mol. The van der Waals surface area contributed by atoms with E-state index in [1.807, 2.05) is 13.8 Å². The van der Waals surface area contributed by atoms with Gasteiger partial charge in [-0.25, -0.2) is 0 Å². The highest BCUT2D eigenvalue weighted by Crippen LogP contribution is 2.20. The number of allylic oxidation sites excluding steroid dienone is 4. The highest BCUT2D eigenvalue weighted by molar-refractivity contribution is 5.10. The molecule has 0 radical (unpaired) electrons. The van der Waals surface area contributed by atoms with E-state index in [4.69, 9.17) is 0 Å². The third-order valence-electron chi connectivity index (χ3n) is 0.928. The van der Waals surface area contributed by atoms with Crippen molar-refractivity contribution in [1.82, 2.24) is 0 Å². The third-order valence-corrected chi connectivity index (χ3v) is 0.928. The minimum Gasteiger partial charge on any atom is -0.411 e. The molecule has 84 valence electrons. The standard InChI is InChI=1S/C8H11F3O.C2H6/c1-6(2)4-5-7(3)12-8(9,10)11;1-2/h4-5H,1-3H3;1-2H3/b7-5+;. The highest BCUT2D eigenvalue weighted by Gasteiger charge is 2.30. The Bertz CT molecular complexity index is 198. The van der Waals surface area contributed by atoms with E-state index in [0.717, 1.165) is 5.57 Å². The summed E-state index contributed by atoms with van der Waals surface area (Å²) in [6.07, 6.45) is -1.75. The Kier molecular flexibility index (Phi) is 8.29. The summed E-state index contributed by atoms with van der Waals surface area (Å²) >= 11 is 0. The average molecular weight is 210 g/mol. The molecular formula is C10H17F3O. The number of hydrogen-bond acceptors (Lipinski definition) is 1. The fraction of sp³-hybridized carbons (Fsp3) is 0.600. The lowest BCUT2D eigenvalue weighted by Gasteiger charge is -2.07. The van der Waals surface area contributed by atoms with Gasteiger partial charge in [-0.2, -0.15) is 0 Å². The van der Waals surface area contributed by atoms with Gasteiger partial charge in [0.2, 0.25) is 0 Å². The molecule has 0 aromatic carbocycles. The summed E-state index contributed by atoms with van der Waals surface area (Å²) in [5, 5.41) is 0. The van der Waals surface area contributed by atoms with Crippen LogP contribution >= 0.6 is 0 Å². The van der Waals surface area contributed by atoms with Crippen molar-refractivity contribution in [1.29, 1.82) is 0 Å². The van der Waals surface area contributed by atoms with E-state index in [1.54, 1.807) is 19.9 Å². The van der Waals surface area contributed by atoms with E-state index in [1.165, 1.54) is 13.0 Å². The first kappa shape index (κ1) is 15.5. The van der Waals surface area contributed by atoms with Gasteiger partial charge in [0.25, 0.3) is 0 Å². The maximum absolute atomic E-state index is 11.5. The molecule has 0 heterocycles. The topological polar surface area (TPSA) is 9.23 Å². The van der Waals surface area contributed by atoms with Crippen molar-refractivity contribution >= 4 is 0 Å². The molecule has 0 fully saturated rings. The van der Waals surface area contributed by atoms with Crippen LogP contribution in [0.4, 0.5) is 13.2 Å². The smallest absolute Gasteiger partial charge is 0.411 e. The van der Waals surface area contributed by atoms with Crippen molar-refractivity contribution in [2.75, 3.05) is 0 Å². The van der Waals surface area contributed by atoms with Crippen molar-refractivity contribution in [3.8, 4) is 0 Å². The fourth-order valence-electron chi connectivity index (χ4n) is 0.501. The quantitative estimate of drug-likeness (QED) is 0.484. The molecule has 0 aromatic heterocycles. The zero-order chi connectivity index (χ0) is 11.8. The molecule has 0 aliphatic rings. The highest BCUT2D eigenvalue weighted by atomic mass is 19.4. The van der Waals surface area contributed by atoms with Crippen molar-refractivity contribution in [3.63, 3.8) is 0 Å². The lowest BCUT2D eigenvalue weighted by Crippen LogP contribution is -2.11. The lowest BCUT2D eigenvalue weighted by atomic mass is 10.3. The van der Waals surface area contributed by atoms with Crippen molar-refractivity contribution < 1.29 is 17.9 Å². The Labute approximate surface area is 83.3 Å². The van der Waals surface area contributed by atoms with Gasteiger partial charge in [-0.05, 0) is 26.8 Å². The summed E-state index contributed by atoms with van der Waals surface area (Å²) in [6.45, 7) is 8.83. The number of hydrogen-bond donors (Lipinski definition) is 0. The van der Waals surface area contributed by atoms with Gasteiger partial charge in [0.05, 0.1) is 0 Å². The predicted molar refractivity (Wildman–Crippen MR) is 51.7 cm³/mol. The lowest BCUT2D eigenvalue weighted by molar-refractivity contribution is -0.305. The van der Waals surface area contributed by atoms with Crippen LogP contribution in [-0.2, 0) is 4.74 Å². The SMILES string of the molecule is CC.CC(C)=C/C=C(\C)OC(F)(F)F. The third kappa shape index (κ3) is 13.6. The predicted octanol–water partition coefficient (Wildman–Crippen LogP) is 4.42. The van der Waals surface area contributed by atoms with Crippen LogP contribution in [0.3, 0.4) is 0 Å². The molecule has 0 atom stereocenters. The Morgan fingerprint density at radius 2 is 1.43 bits per heavy atom. The second-order valence-corrected chi connectivity index (χ2v) is 2.57. The minimum absolute atomic E-state index is 0.163. The Hall–Kier alpha value is -0.930. The van der Waals surface area contributed by atoms with Gasteiger partial charge in [0.1, 0.15) is 5.76 Å². The van der Waals surface area contributed by atoms with E-state index in [9.17, 15) is 13.2 Å². The van der Waals surface area contributed by atoms with Crippen LogP contribution in [0.1, 0.15) is 34.6 Å². The van der Waals surface area contributed by atoms with Gasteiger partial charge in [0.15, 0.2) is 0 Å². The van der Waals surface area contributed by atoms with Crippen LogP contribution in [-0.4, -0.2) is 6.36 Å². The van der Waals surface area contributed by atoms with Crippen LogP contribution in [0, 0.1) is 0 Å². The van der Waals surface area contributed by atoms with Gasteiger partial charge in [0, 0.05) is 0 Å². The molecule has 0 rings (SSSR count). The van der Waals surface area contributed by atoms with Gasteiger partial charge >= 0.3 is 6.36 Å². The Morgan fingerprint density at radius 3 is 1.71 bits per heavy atom. The van der Waals surface area contributed by atoms with Gasteiger partial charge < -0.3 is 4.74 Å². The van der Waals surface area contributed by atoms with Gasteiger partial charge in [-0.1, -0.05) is 25.5 Å². The van der Waals surface area contributed by atoms with E-state index < -0.39 is 6.36 Å². The minimum atomic E-state index is -4.59. The largest absolute Gasteiger partial charge is 0.572 e. The van der Waals surface area contributed by atoms with Crippen molar-refractivity contribution in [2.24, 2.45) is 0 Å². The molecular weight excluding hydrogens is 193 g/mol. The summed E-state index contributed by atoms with van der Waals surface area (Å²) in [7, 11) is 0. The molecule has 0 amide bonds. The Morgan fingerprint density at radius 1 is 1.00 bits per heavy atom. The first-order valence-electron chi connectivity index (χ1n) is 4.39. The van der Waals surface area contributed by atoms with Crippen LogP contribution < -0.4 is 0 Å². The second kappa shape index (κ2) is 7.47. The maximum Gasteiger partial charge on any atom is 0.572 e. The molecule has 0 aliphatic heterocycles. The molecule has 0 aliphatic carbocycles. The van der Waals surface area contributed by atoms with E-state index in [0.29, 0.717) is 0 Å². The summed E-state index contributed by atoms with van der Waals surface area (Å²) in [5.74, 6) is -0.163. The molecule has 4 heteroatoms. The average Bonchev–Trinajstić information content (AvgIpc) is 2.02. The molecule has 0 saturated heterocycles. The first-order valence-corrected chi connectivity index (χ1v) is 4.39. The first-order chi connectivity index (χ1) is 6.31. The Balaban J connectivity index is 0. The summed E-state index contributed by atoms with van der Waals surface area (Å²) in [5.41, 5.74) is 0.917. The maximum atomic E-state index is 11.5. The van der Waals surface area contributed by atoms with Crippen LogP contribution in [0.25, 0.3) is 0 Å². The number of rotatable bonds is 2. The van der Waals surface area contributed by atoms with E-state index in [-0.39, 0.29) is 5.76 Å². The number of ether oxygens (including phenoxy) is 1. The normalized spacial score (nSPS) is 11.3. The van der Waals surface area contributed by atoms with Crippen LogP contribution in [0.2, 0.25) is 0 Å². The molecule has 0 aromatic rings.